The van der Waals surface area contributed by atoms with E-state index >= 15 is 0 Å². The maximum absolute atomic E-state index is 5.28. The predicted molar refractivity (Wildman–Crippen MR) is 538 cm³/mol. The summed E-state index contributed by atoms with van der Waals surface area (Å²) in [6.07, 6.45) is 5.59. The Kier molecular flexibility index (Phi) is 20.0. The number of pyridine rings is 3. The van der Waals surface area contributed by atoms with Gasteiger partial charge < -0.3 is 0 Å². The number of hydrogen-bond acceptors (Lipinski definition) is 10. The van der Waals surface area contributed by atoms with Gasteiger partial charge in [0.05, 0.1) is 66.1 Å². The first-order chi connectivity index (χ1) is 63.9. The third-order valence-corrected chi connectivity index (χ3v) is 25.5. The molecule has 25 aromatic rings. The van der Waals surface area contributed by atoms with Crippen molar-refractivity contribution in [3.63, 3.8) is 0 Å². The smallest absolute Gasteiger partial charge is 0.160 e. The molecule has 0 N–H and O–H groups in total. The lowest BCUT2D eigenvalue weighted by atomic mass is 9.93. The fourth-order valence-electron chi connectivity index (χ4n) is 18.1. The van der Waals surface area contributed by atoms with E-state index in [0.717, 1.165) is 165 Å². The number of rotatable bonds is 12. The average Bonchev–Trinajstić information content (AvgIpc) is 1.70. The summed E-state index contributed by atoms with van der Waals surface area (Å²) >= 11 is 1.76. The van der Waals surface area contributed by atoms with E-state index in [9.17, 15) is 0 Å². The van der Waals surface area contributed by atoms with Crippen molar-refractivity contribution in [1.29, 1.82) is 0 Å². The van der Waals surface area contributed by atoms with Crippen molar-refractivity contribution in [3.8, 4) is 135 Å². The topological polar surface area (TPSA) is 116 Å². The summed E-state index contributed by atoms with van der Waals surface area (Å²) in [5.74, 6) is 1.44. The summed E-state index contributed by atoms with van der Waals surface area (Å²) in [5, 5.41) is 12.6. The van der Waals surface area contributed by atoms with Gasteiger partial charge in [-0.05, 0) is 162 Å². The minimum Gasteiger partial charge on any atom is -0.256 e. The van der Waals surface area contributed by atoms with Crippen LogP contribution >= 0.6 is 11.3 Å². The van der Waals surface area contributed by atoms with E-state index in [4.69, 9.17) is 39.9 Å². The van der Waals surface area contributed by atoms with Crippen LogP contribution in [0.2, 0.25) is 0 Å². The summed E-state index contributed by atoms with van der Waals surface area (Å²) in [4.78, 5) is 45.1. The Morgan fingerprint density at radius 2 is 0.473 bits per heavy atom. The van der Waals surface area contributed by atoms with E-state index in [2.05, 4.69) is 369 Å². The highest BCUT2D eigenvalue weighted by Gasteiger charge is 2.22. The number of fused-ring (bicyclic) bond motifs is 14. The van der Waals surface area contributed by atoms with Gasteiger partial charge >= 0.3 is 0 Å². The normalized spacial score (nSPS) is 11.4. The fourth-order valence-corrected chi connectivity index (χ4v) is 19.2. The second-order valence-corrected chi connectivity index (χ2v) is 33.3. The summed E-state index contributed by atoms with van der Waals surface area (Å²) < 4.78 is 2.32. The molecule has 18 aromatic carbocycles. The molecule has 0 spiro atoms. The highest BCUT2D eigenvalue weighted by atomic mass is 32.1. The molecule has 0 aliphatic rings. The number of nitrogens with zero attached hydrogens (tertiary/aromatic N) is 9. The van der Waals surface area contributed by atoms with Gasteiger partial charge in [0.15, 0.2) is 11.6 Å². The molecule has 0 saturated carbocycles. The quantitative estimate of drug-likeness (QED) is 0.110. The first-order valence-corrected chi connectivity index (χ1v) is 44.1. The first kappa shape index (κ1) is 76.8. The molecule has 0 aliphatic heterocycles. The minimum absolute atomic E-state index is 0.712. The predicted octanol–water partition coefficient (Wildman–Crippen LogP) is 31.2. The molecule has 129 heavy (non-hydrogen) atoms. The highest BCUT2D eigenvalue weighted by Crippen LogP contribution is 2.45. The molecule has 7 aromatic heterocycles. The summed E-state index contributed by atoms with van der Waals surface area (Å²) in [6, 6.07) is 153. The number of thiophene rings is 1. The second-order valence-electron chi connectivity index (χ2n) is 32.2. The summed E-state index contributed by atoms with van der Waals surface area (Å²) in [6.45, 7) is 0. The molecule has 0 atom stereocenters. The minimum atomic E-state index is 0.712. The van der Waals surface area contributed by atoms with Gasteiger partial charge in [-0.15, -0.1) is 11.3 Å². The SMILES string of the molecule is c1ccc(-c2ccc(-c3nc(-c4cccc(-c5cc6cccnc6c6ccccc56)c4)nc4c3sc3ccccc34)cc2)cc1.c1ccc(-c2ccc(-c3nc(-c4cccc(-c5cc6cccnc6c6ccccc56)c4)nc4ccccc34)cc2)cc1.c1ccc(-c2ccc(-c3nc4ccccc4nc3-c3cccc(-c4cc5cccnc5c5ccccc45)c3)cc2)cc1. The first-order valence-electron chi connectivity index (χ1n) is 43.3. The van der Waals surface area contributed by atoms with Crippen LogP contribution in [0, 0.1) is 0 Å². The summed E-state index contributed by atoms with van der Waals surface area (Å²) in [5.41, 5.74) is 30.6. The lowest BCUT2D eigenvalue weighted by Gasteiger charge is -2.14. The zero-order valence-electron chi connectivity index (χ0n) is 69.7. The van der Waals surface area contributed by atoms with Crippen molar-refractivity contribution in [3.05, 3.63) is 455 Å². The molecule has 7 heterocycles. The van der Waals surface area contributed by atoms with Crippen LogP contribution in [0.4, 0.5) is 0 Å². The van der Waals surface area contributed by atoms with Crippen molar-refractivity contribution in [2.75, 3.05) is 0 Å². The van der Waals surface area contributed by atoms with E-state index in [-0.39, 0.29) is 0 Å². The van der Waals surface area contributed by atoms with Crippen molar-refractivity contribution < 1.29 is 0 Å². The molecule has 0 radical (unpaired) electrons. The number of hydrogen-bond donors (Lipinski definition) is 0. The van der Waals surface area contributed by atoms with Crippen LogP contribution in [-0.4, -0.2) is 44.9 Å². The van der Waals surface area contributed by atoms with Crippen LogP contribution in [0.25, 0.3) is 242 Å². The van der Waals surface area contributed by atoms with Gasteiger partial charge in [0.25, 0.3) is 0 Å². The zero-order chi connectivity index (χ0) is 85.5. The molecular weight excluding hydrogens is 1590 g/mol. The lowest BCUT2D eigenvalue weighted by molar-refractivity contribution is 1.23. The lowest BCUT2D eigenvalue weighted by Crippen LogP contribution is -1.96. The molecule has 0 fully saturated rings. The van der Waals surface area contributed by atoms with Gasteiger partial charge in [-0.3, -0.25) is 15.0 Å². The van der Waals surface area contributed by atoms with Crippen molar-refractivity contribution in [1.82, 2.24) is 44.9 Å². The molecular formula is C119H75N9S. The van der Waals surface area contributed by atoms with Crippen LogP contribution in [0.5, 0.6) is 0 Å². The maximum Gasteiger partial charge on any atom is 0.160 e. The van der Waals surface area contributed by atoms with Crippen LogP contribution in [-0.2, 0) is 0 Å². The third-order valence-electron chi connectivity index (χ3n) is 24.3. The Morgan fingerprint density at radius 3 is 0.922 bits per heavy atom. The van der Waals surface area contributed by atoms with Crippen molar-refractivity contribution in [2.24, 2.45) is 0 Å². The Hall–Kier alpha value is -17.1. The Labute approximate surface area is 748 Å². The molecule has 0 aliphatic carbocycles. The zero-order valence-corrected chi connectivity index (χ0v) is 70.6. The number of benzene rings is 18. The molecule has 9 nitrogen and oxygen atoms in total. The Balaban J connectivity index is 0.000000111. The highest BCUT2D eigenvalue weighted by molar-refractivity contribution is 7.26. The third kappa shape index (κ3) is 14.8. The van der Waals surface area contributed by atoms with Crippen molar-refractivity contribution >= 4 is 119 Å². The van der Waals surface area contributed by atoms with Gasteiger partial charge in [-0.25, -0.2) is 29.9 Å². The Bertz CT molecular complexity index is 8600. The van der Waals surface area contributed by atoms with Crippen LogP contribution in [0.1, 0.15) is 0 Å². The van der Waals surface area contributed by atoms with Crippen LogP contribution in [0.15, 0.2) is 455 Å². The molecule has 602 valence electrons. The van der Waals surface area contributed by atoms with Gasteiger partial charge in [-0.1, -0.05) is 358 Å². The van der Waals surface area contributed by atoms with Gasteiger partial charge in [0, 0.05) is 99.8 Å². The number of aromatic nitrogens is 9. The Morgan fingerprint density at radius 1 is 0.163 bits per heavy atom. The summed E-state index contributed by atoms with van der Waals surface area (Å²) in [7, 11) is 0. The van der Waals surface area contributed by atoms with Crippen LogP contribution in [0.3, 0.4) is 0 Å². The van der Waals surface area contributed by atoms with E-state index in [0.29, 0.717) is 5.82 Å². The van der Waals surface area contributed by atoms with Gasteiger partial charge in [-0.2, -0.15) is 0 Å². The van der Waals surface area contributed by atoms with Crippen LogP contribution < -0.4 is 0 Å². The standard InChI is InChI=1S/C41H25N3S.2C39H25N3/c1-2-10-26(11-3-1)27-19-21-28(22-20-27)38-40-39(34-17-6-7-18-36(34)45-40)44-41(43-38)31-13-8-12-29(24-31)35-25-30-14-9-23-42-37(30)33-16-5-4-15-32(33)35;1-2-10-26(11-3-1)27-19-21-28(22-20-27)38-34-17-6-7-18-36(34)41-39(42-38)31-13-8-12-29(24-31)35-25-30-14-9-23-40-37(30)33-16-5-4-15-32(33)35;1-2-10-26(11-3-1)27-19-21-28(22-20-27)38-39(42-36-18-7-6-17-35(36)41-38)30-13-8-12-29(24-30)34-25-31-14-9-23-40-37(31)33-16-5-4-15-32(33)34/h1-25H;2*1-25H. The van der Waals surface area contributed by atoms with Gasteiger partial charge in [0.2, 0.25) is 0 Å². The average molecular weight is 1660 g/mol. The van der Waals surface area contributed by atoms with Gasteiger partial charge in [0.1, 0.15) is 0 Å². The maximum atomic E-state index is 5.28. The van der Waals surface area contributed by atoms with E-state index in [1.165, 1.54) is 70.9 Å². The molecule has 25 rings (SSSR count). The number of para-hydroxylation sites is 3. The monoisotopic (exact) mass is 1660 g/mol. The molecule has 10 heteroatoms. The second kappa shape index (κ2) is 33.5. The van der Waals surface area contributed by atoms with E-state index in [1.54, 1.807) is 11.3 Å². The molecule has 0 saturated heterocycles. The molecule has 0 unspecified atom stereocenters. The molecule has 0 bridgehead atoms. The van der Waals surface area contributed by atoms with E-state index in [1.807, 2.05) is 91.4 Å². The largest absolute Gasteiger partial charge is 0.256 e. The van der Waals surface area contributed by atoms with Crippen molar-refractivity contribution in [2.45, 2.75) is 0 Å². The fraction of sp³-hybridized carbons (Fsp3) is 0. The van der Waals surface area contributed by atoms with E-state index < -0.39 is 0 Å². The molecule has 0 amide bonds.